The predicted octanol–water partition coefficient (Wildman–Crippen LogP) is 6.04. The number of ether oxygens (including phenoxy) is 2. The molecular weight excluding hydrogens is 412 g/mol. The molecule has 0 amide bonds. The highest BCUT2D eigenvalue weighted by molar-refractivity contribution is 6.06. The third kappa shape index (κ3) is 5.12. The van der Waals surface area contributed by atoms with Gasteiger partial charge in [-0.05, 0) is 36.8 Å². The lowest BCUT2D eigenvalue weighted by molar-refractivity contribution is 0.104. The van der Waals surface area contributed by atoms with Gasteiger partial charge >= 0.3 is 0 Å². The van der Waals surface area contributed by atoms with Crippen LogP contribution in [-0.2, 0) is 6.61 Å². The first-order valence-corrected chi connectivity index (χ1v) is 9.22. The Kier molecular flexibility index (Phi) is 6.74. The second-order valence-corrected chi connectivity index (χ2v) is 6.72. The van der Waals surface area contributed by atoms with Crippen molar-refractivity contribution in [3.05, 3.63) is 100 Å². The standard InChI is InChI=1S/C24H18F4O3/c1-14-4-3-5-16(10-14)20(29)8-6-15-7-9-21(30-2)17(11-15)13-31-24-22(27)18(25)12-19(26)23(24)28/h3-12H,13H2,1-2H3/b8-6+. The smallest absolute Gasteiger partial charge is 0.203 e. The molecular formula is C24H18F4O3. The topological polar surface area (TPSA) is 35.5 Å². The number of rotatable bonds is 7. The molecule has 0 unspecified atom stereocenters. The second kappa shape index (κ2) is 9.47. The van der Waals surface area contributed by atoms with Gasteiger partial charge in [0, 0.05) is 17.2 Å². The van der Waals surface area contributed by atoms with Crippen molar-refractivity contribution in [1.82, 2.24) is 0 Å². The molecule has 0 heterocycles. The third-order valence-corrected chi connectivity index (χ3v) is 4.48. The molecule has 0 atom stereocenters. The highest BCUT2D eigenvalue weighted by atomic mass is 19.2. The minimum Gasteiger partial charge on any atom is -0.496 e. The normalized spacial score (nSPS) is 11.0. The minimum atomic E-state index is -1.63. The molecule has 0 fully saturated rings. The van der Waals surface area contributed by atoms with Gasteiger partial charge in [0.15, 0.2) is 23.2 Å². The molecule has 0 saturated carbocycles. The minimum absolute atomic E-state index is 0.106. The number of benzene rings is 3. The summed E-state index contributed by atoms with van der Waals surface area (Å²) >= 11 is 0. The average molecular weight is 430 g/mol. The highest BCUT2D eigenvalue weighted by Gasteiger charge is 2.21. The maximum Gasteiger partial charge on any atom is 0.203 e. The number of ketones is 1. The number of carbonyl (C=O) groups excluding carboxylic acids is 1. The Morgan fingerprint density at radius 2 is 1.68 bits per heavy atom. The SMILES string of the molecule is COc1ccc(/C=C/C(=O)c2cccc(C)c2)cc1COc1c(F)c(F)cc(F)c1F. The lowest BCUT2D eigenvalue weighted by atomic mass is 10.1. The molecule has 3 rings (SSSR count). The first-order valence-electron chi connectivity index (χ1n) is 9.22. The summed E-state index contributed by atoms with van der Waals surface area (Å²) in [6.45, 7) is 1.46. The number of carbonyl (C=O) groups is 1. The van der Waals surface area contributed by atoms with E-state index in [-0.39, 0.29) is 11.8 Å². The van der Waals surface area contributed by atoms with E-state index in [1.54, 1.807) is 42.5 Å². The van der Waals surface area contributed by atoms with E-state index in [4.69, 9.17) is 9.47 Å². The van der Waals surface area contributed by atoms with Crippen LogP contribution in [-0.4, -0.2) is 12.9 Å². The molecule has 0 aromatic heterocycles. The van der Waals surface area contributed by atoms with Crippen molar-refractivity contribution in [3.8, 4) is 11.5 Å². The van der Waals surface area contributed by atoms with Gasteiger partial charge in [-0.15, -0.1) is 0 Å². The first-order chi connectivity index (χ1) is 14.8. The van der Waals surface area contributed by atoms with Crippen molar-refractivity contribution in [3.63, 3.8) is 0 Å². The van der Waals surface area contributed by atoms with Crippen LogP contribution in [0.15, 0.2) is 54.6 Å². The van der Waals surface area contributed by atoms with Crippen LogP contribution in [0.3, 0.4) is 0 Å². The van der Waals surface area contributed by atoms with Gasteiger partial charge in [-0.1, -0.05) is 35.9 Å². The van der Waals surface area contributed by atoms with Gasteiger partial charge in [0.1, 0.15) is 12.4 Å². The van der Waals surface area contributed by atoms with Gasteiger partial charge in [0.25, 0.3) is 0 Å². The van der Waals surface area contributed by atoms with Gasteiger partial charge in [-0.25, -0.2) is 8.78 Å². The largest absolute Gasteiger partial charge is 0.496 e. The molecule has 0 aliphatic rings. The molecule has 0 aliphatic heterocycles. The fraction of sp³-hybridized carbons (Fsp3) is 0.125. The number of hydrogen-bond acceptors (Lipinski definition) is 3. The summed E-state index contributed by atoms with van der Waals surface area (Å²) < 4.78 is 64.6. The Labute approximate surface area is 176 Å². The van der Waals surface area contributed by atoms with Gasteiger partial charge in [-0.2, -0.15) is 8.78 Å². The fourth-order valence-corrected chi connectivity index (χ4v) is 2.91. The van der Waals surface area contributed by atoms with Crippen LogP contribution in [0.1, 0.15) is 27.0 Å². The average Bonchev–Trinajstić information content (AvgIpc) is 2.76. The lowest BCUT2D eigenvalue weighted by Gasteiger charge is -2.13. The van der Waals surface area contributed by atoms with Crippen LogP contribution in [0.2, 0.25) is 0 Å². The summed E-state index contributed by atoms with van der Waals surface area (Å²) in [6.07, 6.45) is 2.96. The maximum atomic E-state index is 13.8. The lowest BCUT2D eigenvalue weighted by Crippen LogP contribution is -2.05. The van der Waals surface area contributed by atoms with Crippen LogP contribution in [0, 0.1) is 30.2 Å². The van der Waals surface area contributed by atoms with Crippen LogP contribution >= 0.6 is 0 Å². The molecule has 0 saturated heterocycles. The van der Waals surface area contributed by atoms with E-state index in [1.807, 2.05) is 13.0 Å². The van der Waals surface area contributed by atoms with Crippen LogP contribution < -0.4 is 9.47 Å². The second-order valence-electron chi connectivity index (χ2n) is 6.72. The highest BCUT2D eigenvalue weighted by Crippen LogP contribution is 2.29. The number of hydrogen-bond donors (Lipinski definition) is 0. The van der Waals surface area contributed by atoms with Gasteiger partial charge in [-0.3, -0.25) is 4.79 Å². The van der Waals surface area contributed by atoms with Crippen molar-refractivity contribution in [2.45, 2.75) is 13.5 Å². The van der Waals surface area contributed by atoms with Gasteiger partial charge in [0.05, 0.1) is 7.11 Å². The number of allylic oxidation sites excluding steroid dienone is 1. The van der Waals surface area contributed by atoms with E-state index < -0.39 is 35.6 Å². The van der Waals surface area contributed by atoms with E-state index >= 15 is 0 Å². The zero-order valence-corrected chi connectivity index (χ0v) is 16.7. The van der Waals surface area contributed by atoms with E-state index in [0.29, 0.717) is 22.4 Å². The summed E-state index contributed by atoms with van der Waals surface area (Å²) in [5.74, 6) is -7.40. The molecule has 3 aromatic carbocycles. The zero-order valence-electron chi connectivity index (χ0n) is 16.7. The number of methoxy groups -OCH3 is 1. The van der Waals surface area contributed by atoms with Crippen LogP contribution in [0.25, 0.3) is 6.08 Å². The molecule has 0 N–H and O–H groups in total. The number of halogens is 4. The summed E-state index contributed by atoms with van der Waals surface area (Å²) in [7, 11) is 1.39. The van der Waals surface area contributed by atoms with E-state index in [1.165, 1.54) is 13.2 Å². The molecule has 0 radical (unpaired) electrons. The predicted molar refractivity (Wildman–Crippen MR) is 108 cm³/mol. The summed E-state index contributed by atoms with van der Waals surface area (Å²) in [6, 6.07) is 12.1. The van der Waals surface area contributed by atoms with Crippen molar-refractivity contribution < 1.29 is 31.8 Å². The van der Waals surface area contributed by atoms with Crippen LogP contribution in [0.5, 0.6) is 11.5 Å². The maximum absolute atomic E-state index is 13.8. The van der Waals surface area contributed by atoms with Crippen molar-refractivity contribution >= 4 is 11.9 Å². The summed E-state index contributed by atoms with van der Waals surface area (Å²) in [4.78, 5) is 12.3. The molecule has 31 heavy (non-hydrogen) atoms. The Balaban J connectivity index is 1.82. The third-order valence-electron chi connectivity index (χ3n) is 4.48. The number of aryl methyl sites for hydroxylation is 1. The molecule has 0 spiro atoms. The first kappa shape index (κ1) is 22.1. The van der Waals surface area contributed by atoms with Crippen molar-refractivity contribution in [1.29, 1.82) is 0 Å². The Bertz CT molecular complexity index is 1130. The quantitative estimate of drug-likeness (QED) is 0.199. The van der Waals surface area contributed by atoms with Crippen molar-refractivity contribution in [2.75, 3.05) is 7.11 Å². The van der Waals surface area contributed by atoms with E-state index in [2.05, 4.69) is 0 Å². The van der Waals surface area contributed by atoms with Gasteiger partial charge < -0.3 is 9.47 Å². The Morgan fingerprint density at radius 3 is 2.32 bits per heavy atom. The fourth-order valence-electron chi connectivity index (χ4n) is 2.91. The van der Waals surface area contributed by atoms with E-state index in [0.717, 1.165) is 5.56 Å². The van der Waals surface area contributed by atoms with Crippen molar-refractivity contribution in [2.24, 2.45) is 0 Å². The molecule has 3 aromatic rings. The van der Waals surface area contributed by atoms with Crippen LogP contribution in [0.4, 0.5) is 17.6 Å². The van der Waals surface area contributed by atoms with Gasteiger partial charge in [0.2, 0.25) is 11.6 Å². The molecule has 3 nitrogen and oxygen atoms in total. The molecule has 160 valence electrons. The molecule has 0 aliphatic carbocycles. The Hall–Kier alpha value is -3.61. The van der Waals surface area contributed by atoms with E-state index in [9.17, 15) is 22.4 Å². The monoisotopic (exact) mass is 430 g/mol. The summed E-state index contributed by atoms with van der Waals surface area (Å²) in [5, 5.41) is 0. The Morgan fingerprint density at radius 1 is 0.968 bits per heavy atom. The molecule has 7 heteroatoms. The molecule has 0 bridgehead atoms. The summed E-state index contributed by atoms with van der Waals surface area (Å²) in [5.41, 5.74) is 2.44. The zero-order chi connectivity index (χ0) is 22.5.